The summed E-state index contributed by atoms with van der Waals surface area (Å²) in [4.78, 5) is 2.10. The molecule has 0 radical (unpaired) electrons. The number of nitrogens with zero attached hydrogens (tertiary/aromatic N) is 2. The van der Waals surface area contributed by atoms with Crippen molar-refractivity contribution in [1.82, 2.24) is 0 Å². The van der Waals surface area contributed by atoms with Crippen LogP contribution in [0.4, 0.5) is 93.5 Å². The molecular weight excluding hydrogens is 899 g/mol. The van der Waals surface area contributed by atoms with Gasteiger partial charge in [-0.05, 0) is 23.3 Å². The van der Waals surface area contributed by atoms with Crippen molar-refractivity contribution in [3.05, 3.63) is 176 Å². The van der Waals surface area contributed by atoms with Crippen LogP contribution in [0.15, 0.2) is 48.8 Å². The number of rotatable bonds is 7. The minimum absolute atomic E-state index is 1.21. The largest absolute Gasteiger partial charge is 0.378 e. The van der Waals surface area contributed by atoms with Crippen LogP contribution in [0.1, 0.15) is 11.1 Å². The van der Waals surface area contributed by atoms with Gasteiger partial charge in [0.2, 0.25) is 0 Å². The quantitative estimate of drug-likeness (QED) is 0.0512. The van der Waals surface area contributed by atoms with Crippen molar-refractivity contribution >= 4 is 45.8 Å². The van der Waals surface area contributed by atoms with Gasteiger partial charge in [-0.25, -0.2) is 92.4 Å². The predicted molar refractivity (Wildman–Crippen MR) is 187 cm³/mol. The third kappa shape index (κ3) is 7.81. The number of anilines is 1. The van der Waals surface area contributed by atoms with E-state index in [2.05, 4.69) is 79.9 Å². The van der Waals surface area contributed by atoms with E-state index in [0.29, 0.717) is 0 Å². The molecule has 0 saturated carbocycles. The van der Waals surface area contributed by atoms with E-state index in [1.165, 1.54) is 16.8 Å². The second-order valence-electron chi connectivity index (χ2n) is 13.4. The highest BCUT2D eigenvalue weighted by atomic mass is 19.2. The zero-order valence-corrected chi connectivity index (χ0v) is 31.3. The molecule has 2 nitrogen and oxygen atoms in total. The molecule has 6 aromatic rings. The van der Waals surface area contributed by atoms with Crippen LogP contribution in [0.25, 0.3) is 12.2 Å². The molecule has 63 heavy (non-hydrogen) atoms. The Bertz CT molecular complexity index is 2430. The Labute approximate surface area is 340 Å². The number of benzene rings is 5. The van der Waals surface area contributed by atoms with E-state index in [4.69, 9.17) is 0 Å². The number of hydrogen-bond donors (Lipinski definition) is 0. The Morgan fingerprint density at radius 3 is 0.762 bits per heavy atom. The Hall–Kier alpha value is -6.55. The van der Waals surface area contributed by atoms with Crippen molar-refractivity contribution in [2.75, 3.05) is 19.0 Å². The Morgan fingerprint density at radius 1 is 0.333 bits per heavy atom. The molecule has 0 bridgehead atoms. The molecule has 1 aromatic heterocycles. The molecule has 1 heterocycles. The van der Waals surface area contributed by atoms with Gasteiger partial charge in [0.15, 0.2) is 82.2 Å². The zero-order valence-electron chi connectivity index (χ0n) is 31.3. The summed E-state index contributed by atoms with van der Waals surface area (Å²) in [6.45, 7) is 0. The summed E-state index contributed by atoms with van der Waals surface area (Å²) in [5, 5.41) is 0. The average molecular weight is 918 g/mol. The standard InChI is InChI=1S/C24BF20.C16H19N2/c26-5-1(6(27)14(35)21(42)13(5)34)25(2-7(28)15(36)22(43)16(37)8(2)29,3-9(30)17(38)23(44)18(39)10(3)31)4-11(32)19(40)24(45)20(41)12(4)33;1-17(2)16-8-6-14(7-9-16)4-5-15-10-12-18(3)13-11-15/h;4-13H,1-3H3/q-1;+1. The topological polar surface area (TPSA) is 7.12 Å². The van der Waals surface area contributed by atoms with E-state index < -0.39 is 144 Å². The molecule has 23 heteroatoms. The Morgan fingerprint density at radius 2 is 0.540 bits per heavy atom. The van der Waals surface area contributed by atoms with Gasteiger partial charge in [-0.1, -0.05) is 24.3 Å². The molecule has 0 aliphatic rings. The lowest BCUT2D eigenvalue weighted by atomic mass is 9.12. The SMILES string of the molecule is CN(C)c1ccc(/C=C/c2cc[n+](C)cc2)cc1.Fc1c(F)c(F)c([B-](c2c(F)c(F)c(F)c(F)c2F)(c2c(F)c(F)c(F)c(F)c2F)c2c(F)c(F)c(F)c(F)c2F)c(F)c1F. The average Bonchev–Trinajstić information content (AvgIpc) is 3.26. The molecule has 0 amide bonds. The molecular formula is C40H19BF20N2. The van der Waals surface area contributed by atoms with Crippen molar-refractivity contribution in [3.63, 3.8) is 0 Å². The molecule has 0 unspecified atom stereocenters. The fraction of sp³-hybridized carbons (Fsp3) is 0.0750. The number of aromatic nitrogens is 1. The highest BCUT2D eigenvalue weighted by Gasteiger charge is 2.52. The van der Waals surface area contributed by atoms with Crippen molar-refractivity contribution in [1.29, 1.82) is 0 Å². The normalized spacial score (nSPS) is 11.7. The van der Waals surface area contributed by atoms with Gasteiger partial charge in [0, 0.05) is 31.9 Å². The van der Waals surface area contributed by atoms with Crippen LogP contribution < -0.4 is 31.3 Å². The maximum Gasteiger partial charge on any atom is 0.200 e. The van der Waals surface area contributed by atoms with Gasteiger partial charge in [0.1, 0.15) is 59.7 Å². The third-order valence-electron chi connectivity index (χ3n) is 9.59. The van der Waals surface area contributed by atoms with Crippen molar-refractivity contribution in [3.8, 4) is 0 Å². The predicted octanol–water partition coefficient (Wildman–Crippen LogP) is 8.59. The van der Waals surface area contributed by atoms with Crippen molar-refractivity contribution < 1.29 is 92.4 Å². The summed E-state index contributed by atoms with van der Waals surface area (Å²) in [5.41, 5.74) is -10.7. The minimum atomic E-state index is -7.22. The number of pyridine rings is 1. The highest BCUT2D eigenvalue weighted by molar-refractivity contribution is 7.20. The molecule has 0 spiro atoms. The van der Waals surface area contributed by atoms with E-state index in [0.717, 1.165) is 0 Å². The zero-order chi connectivity index (χ0) is 47.3. The fourth-order valence-electron chi connectivity index (χ4n) is 6.57. The van der Waals surface area contributed by atoms with Crippen molar-refractivity contribution in [2.24, 2.45) is 7.05 Å². The van der Waals surface area contributed by atoms with Gasteiger partial charge in [0.25, 0.3) is 0 Å². The van der Waals surface area contributed by atoms with Crippen molar-refractivity contribution in [2.45, 2.75) is 0 Å². The summed E-state index contributed by atoms with van der Waals surface area (Å²) < 4.78 is 296. The van der Waals surface area contributed by atoms with Crippen LogP contribution >= 0.6 is 0 Å². The number of aryl methyl sites for hydroxylation is 1. The summed E-state index contributed by atoms with van der Waals surface area (Å²) in [6, 6.07) is 12.7. The molecule has 0 atom stereocenters. The number of halogens is 20. The smallest absolute Gasteiger partial charge is 0.200 e. The van der Waals surface area contributed by atoms with E-state index in [-0.39, 0.29) is 0 Å². The molecule has 332 valence electrons. The van der Waals surface area contributed by atoms with E-state index in [9.17, 15) is 52.7 Å². The lowest BCUT2D eigenvalue weighted by Crippen LogP contribution is -2.81. The first kappa shape index (κ1) is 47.5. The third-order valence-corrected chi connectivity index (χ3v) is 9.59. The van der Waals surface area contributed by atoms with Crippen LogP contribution in [0.3, 0.4) is 0 Å². The second kappa shape index (κ2) is 17.7. The van der Waals surface area contributed by atoms with Gasteiger partial charge < -0.3 is 4.90 Å². The summed E-state index contributed by atoms with van der Waals surface area (Å²) in [7, 11) is 6.12. The maximum atomic E-state index is 15.4. The lowest BCUT2D eigenvalue weighted by Gasteiger charge is -2.44. The fourth-order valence-corrected chi connectivity index (χ4v) is 6.57. The first-order valence-corrected chi connectivity index (χ1v) is 17.0. The molecule has 0 aliphatic carbocycles. The first-order chi connectivity index (χ1) is 29.3. The maximum absolute atomic E-state index is 15.4. The lowest BCUT2D eigenvalue weighted by molar-refractivity contribution is -0.671. The van der Waals surface area contributed by atoms with Crippen LogP contribution in [0, 0.1) is 116 Å². The summed E-state index contributed by atoms with van der Waals surface area (Å²) >= 11 is 0. The molecule has 0 aliphatic heterocycles. The Kier molecular flexibility index (Phi) is 13.3. The molecule has 0 saturated heterocycles. The van der Waals surface area contributed by atoms with Gasteiger partial charge >= 0.3 is 0 Å². The summed E-state index contributed by atoms with van der Waals surface area (Å²) in [5.74, 6) is -71.4. The number of hydrogen-bond acceptors (Lipinski definition) is 1. The van der Waals surface area contributed by atoms with Crippen LogP contribution in [-0.2, 0) is 7.05 Å². The molecule has 0 fully saturated rings. The minimum Gasteiger partial charge on any atom is -0.378 e. The van der Waals surface area contributed by atoms with Gasteiger partial charge in [-0.3, -0.25) is 0 Å². The Balaban J connectivity index is 0.000000345. The molecule has 0 N–H and O–H groups in total. The van der Waals surface area contributed by atoms with E-state index >= 15 is 35.1 Å². The second-order valence-corrected chi connectivity index (χ2v) is 13.4. The summed E-state index contributed by atoms with van der Waals surface area (Å²) in [6.07, 6.45) is 1.15. The van der Waals surface area contributed by atoms with E-state index in [1.54, 1.807) is 0 Å². The van der Waals surface area contributed by atoms with Crippen LogP contribution in [0.2, 0.25) is 0 Å². The van der Waals surface area contributed by atoms with E-state index in [1.807, 2.05) is 11.6 Å². The molecule has 5 aromatic carbocycles. The monoisotopic (exact) mass is 918 g/mol. The first-order valence-electron chi connectivity index (χ1n) is 17.0. The highest BCUT2D eigenvalue weighted by Crippen LogP contribution is 2.31. The van der Waals surface area contributed by atoms with Crippen LogP contribution in [-0.4, -0.2) is 20.2 Å². The van der Waals surface area contributed by atoms with Gasteiger partial charge in [-0.2, -0.15) is 0 Å². The van der Waals surface area contributed by atoms with Gasteiger partial charge in [0.05, 0.1) is 0 Å². The van der Waals surface area contributed by atoms with Crippen LogP contribution in [0.5, 0.6) is 0 Å². The van der Waals surface area contributed by atoms with Gasteiger partial charge in [-0.15, -0.1) is 21.9 Å². The molecule has 6 rings (SSSR count).